The number of hydrogen-bond donors (Lipinski definition) is 1. The van der Waals surface area contributed by atoms with Crippen LogP contribution in [-0.4, -0.2) is 36.6 Å². The Morgan fingerprint density at radius 3 is 2.78 bits per heavy atom. The van der Waals surface area contributed by atoms with Gasteiger partial charge in [-0.1, -0.05) is 18.5 Å². The van der Waals surface area contributed by atoms with E-state index in [-0.39, 0.29) is 11.2 Å². The van der Waals surface area contributed by atoms with Gasteiger partial charge < -0.3 is 10.2 Å². The molecule has 0 bridgehead atoms. The number of pyridine rings is 1. The van der Waals surface area contributed by atoms with Crippen molar-refractivity contribution in [1.29, 1.82) is 0 Å². The number of halogens is 2. The van der Waals surface area contributed by atoms with Crippen LogP contribution < -0.4 is 5.32 Å². The van der Waals surface area contributed by atoms with Gasteiger partial charge in [-0.2, -0.15) is 0 Å². The second-order valence-electron chi connectivity index (χ2n) is 5.45. The number of likely N-dealkylation sites (tertiary alicyclic amines) is 1. The van der Waals surface area contributed by atoms with Crippen molar-refractivity contribution in [3.8, 4) is 0 Å². The quantitative estimate of drug-likeness (QED) is 0.916. The Morgan fingerprint density at radius 1 is 1.50 bits per heavy atom. The van der Waals surface area contributed by atoms with E-state index in [0.29, 0.717) is 10.8 Å². The summed E-state index contributed by atoms with van der Waals surface area (Å²) in [4.78, 5) is 6.30. The van der Waals surface area contributed by atoms with Crippen molar-refractivity contribution in [2.45, 2.75) is 19.8 Å². The van der Waals surface area contributed by atoms with Crippen LogP contribution in [0.25, 0.3) is 0 Å². The van der Waals surface area contributed by atoms with Crippen molar-refractivity contribution < 1.29 is 4.39 Å². The van der Waals surface area contributed by atoms with Crippen LogP contribution in [0, 0.1) is 11.2 Å². The van der Waals surface area contributed by atoms with Crippen molar-refractivity contribution in [1.82, 2.24) is 9.88 Å². The summed E-state index contributed by atoms with van der Waals surface area (Å²) in [5.74, 6) is -0.0985. The van der Waals surface area contributed by atoms with Gasteiger partial charge in [-0.15, -0.1) is 0 Å². The van der Waals surface area contributed by atoms with Crippen LogP contribution in [0.3, 0.4) is 0 Å². The van der Waals surface area contributed by atoms with Gasteiger partial charge in [-0.25, -0.2) is 9.37 Å². The van der Waals surface area contributed by atoms with E-state index in [1.54, 1.807) is 0 Å². The summed E-state index contributed by atoms with van der Waals surface area (Å²) in [6.07, 6.45) is 3.70. The normalized spacial score (nSPS) is 19.8. The third-order valence-electron chi connectivity index (χ3n) is 3.68. The first-order chi connectivity index (χ1) is 8.48. The molecule has 0 aromatic carbocycles. The summed E-state index contributed by atoms with van der Waals surface area (Å²) in [6, 6.07) is 1.29. The van der Waals surface area contributed by atoms with Gasteiger partial charge >= 0.3 is 0 Å². The standard InChI is InChI=1S/C13H19ClFN3/c1-13(3-5-18(2)6-4-13)9-17-12-11(15)7-10(14)8-16-12/h7-8H,3-6,9H2,1-2H3,(H,16,17). The van der Waals surface area contributed by atoms with E-state index in [4.69, 9.17) is 11.6 Å². The zero-order chi connectivity index (χ0) is 13.2. The van der Waals surface area contributed by atoms with E-state index in [1.165, 1.54) is 12.3 Å². The molecular formula is C13H19ClFN3. The predicted octanol–water partition coefficient (Wildman–Crippen LogP) is 3.02. The Morgan fingerprint density at radius 2 is 2.17 bits per heavy atom. The van der Waals surface area contributed by atoms with E-state index >= 15 is 0 Å². The van der Waals surface area contributed by atoms with E-state index in [0.717, 1.165) is 32.5 Å². The van der Waals surface area contributed by atoms with E-state index in [1.807, 2.05) is 0 Å². The lowest BCUT2D eigenvalue weighted by Crippen LogP contribution is -2.40. The van der Waals surface area contributed by atoms with Gasteiger partial charge in [0.15, 0.2) is 11.6 Å². The number of hydrogen-bond acceptors (Lipinski definition) is 3. The minimum Gasteiger partial charge on any atom is -0.367 e. The largest absolute Gasteiger partial charge is 0.367 e. The monoisotopic (exact) mass is 271 g/mol. The topological polar surface area (TPSA) is 28.2 Å². The molecule has 1 saturated heterocycles. The molecule has 0 spiro atoms. The van der Waals surface area contributed by atoms with Crippen LogP contribution >= 0.6 is 11.6 Å². The van der Waals surface area contributed by atoms with Crippen molar-refractivity contribution in [3.05, 3.63) is 23.1 Å². The zero-order valence-corrected chi connectivity index (χ0v) is 11.6. The first-order valence-electron chi connectivity index (χ1n) is 6.22. The van der Waals surface area contributed by atoms with Gasteiger partial charge in [0.1, 0.15) is 0 Å². The Balaban J connectivity index is 1.94. The summed E-state index contributed by atoms with van der Waals surface area (Å²) < 4.78 is 13.6. The molecule has 100 valence electrons. The second kappa shape index (κ2) is 5.41. The molecule has 1 aliphatic rings. The molecule has 2 rings (SSSR count). The maximum Gasteiger partial charge on any atom is 0.166 e. The number of piperidine rings is 1. The molecule has 0 amide bonds. The summed E-state index contributed by atoms with van der Waals surface area (Å²) in [5, 5.41) is 3.42. The Kier molecular flexibility index (Phi) is 4.07. The Hall–Kier alpha value is -0.870. The van der Waals surface area contributed by atoms with Gasteiger partial charge in [-0.3, -0.25) is 0 Å². The molecule has 1 aromatic heterocycles. The SMILES string of the molecule is CN1CCC(C)(CNc2ncc(Cl)cc2F)CC1. The predicted molar refractivity (Wildman–Crippen MR) is 72.5 cm³/mol. The molecule has 1 fully saturated rings. The van der Waals surface area contributed by atoms with Crippen molar-refractivity contribution in [3.63, 3.8) is 0 Å². The average molecular weight is 272 g/mol. The third kappa shape index (κ3) is 3.33. The third-order valence-corrected chi connectivity index (χ3v) is 3.89. The minimum absolute atomic E-state index is 0.209. The lowest BCUT2D eigenvalue weighted by molar-refractivity contribution is 0.150. The van der Waals surface area contributed by atoms with Crippen molar-refractivity contribution >= 4 is 17.4 Å². The average Bonchev–Trinajstić information content (AvgIpc) is 2.32. The Labute approximate surface area is 112 Å². The molecule has 5 heteroatoms. The van der Waals surface area contributed by atoms with E-state index < -0.39 is 0 Å². The van der Waals surface area contributed by atoms with Gasteiger partial charge in [0.05, 0.1) is 5.02 Å². The molecule has 0 radical (unpaired) electrons. The van der Waals surface area contributed by atoms with Crippen LogP contribution in [0.15, 0.2) is 12.3 Å². The summed E-state index contributed by atoms with van der Waals surface area (Å²) in [5.41, 5.74) is 0.209. The molecule has 1 aliphatic heterocycles. The zero-order valence-electron chi connectivity index (χ0n) is 10.8. The Bertz CT molecular complexity index is 417. The van der Waals surface area contributed by atoms with Crippen molar-refractivity contribution in [2.24, 2.45) is 5.41 Å². The molecule has 18 heavy (non-hydrogen) atoms. The highest BCUT2D eigenvalue weighted by atomic mass is 35.5. The molecule has 0 unspecified atom stereocenters. The van der Waals surface area contributed by atoms with Gasteiger partial charge in [0.25, 0.3) is 0 Å². The van der Waals surface area contributed by atoms with E-state index in [2.05, 4.69) is 29.2 Å². The molecular weight excluding hydrogens is 253 g/mol. The lowest BCUT2D eigenvalue weighted by Gasteiger charge is -2.38. The van der Waals surface area contributed by atoms with Gasteiger partial charge in [-0.05, 0) is 44.5 Å². The van der Waals surface area contributed by atoms with Crippen LogP contribution in [0.2, 0.25) is 5.02 Å². The number of aromatic nitrogens is 1. The second-order valence-corrected chi connectivity index (χ2v) is 5.89. The fourth-order valence-electron chi connectivity index (χ4n) is 2.18. The van der Waals surface area contributed by atoms with Crippen LogP contribution in [0.5, 0.6) is 0 Å². The molecule has 0 atom stereocenters. The number of rotatable bonds is 3. The fraction of sp³-hybridized carbons (Fsp3) is 0.615. The summed E-state index contributed by atoms with van der Waals surface area (Å²) in [6.45, 7) is 5.16. The number of anilines is 1. The first kappa shape index (κ1) is 13.6. The summed E-state index contributed by atoms with van der Waals surface area (Å²) in [7, 11) is 2.13. The maximum atomic E-state index is 13.6. The molecule has 2 heterocycles. The highest BCUT2D eigenvalue weighted by molar-refractivity contribution is 6.30. The van der Waals surface area contributed by atoms with E-state index in [9.17, 15) is 4.39 Å². The van der Waals surface area contributed by atoms with Gasteiger partial charge in [0.2, 0.25) is 0 Å². The highest BCUT2D eigenvalue weighted by Crippen LogP contribution is 2.30. The highest BCUT2D eigenvalue weighted by Gasteiger charge is 2.28. The smallest absolute Gasteiger partial charge is 0.166 e. The first-order valence-corrected chi connectivity index (χ1v) is 6.60. The molecule has 1 aromatic rings. The van der Waals surface area contributed by atoms with Gasteiger partial charge in [0, 0.05) is 12.7 Å². The van der Waals surface area contributed by atoms with Crippen molar-refractivity contribution in [2.75, 3.05) is 32.0 Å². The van der Waals surface area contributed by atoms with Crippen LogP contribution in [0.1, 0.15) is 19.8 Å². The lowest BCUT2D eigenvalue weighted by atomic mass is 9.80. The molecule has 0 aliphatic carbocycles. The van der Waals surface area contributed by atoms with Crippen LogP contribution in [0.4, 0.5) is 10.2 Å². The van der Waals surface area contributed by atoms with Crippen LogP contribution in [-0.2, 0) is 0 Å². The minimum atomic E-state index is -0.390. The molecule has 1 N–H and O–H groups in total. The molecule has 0 saturated carbocycles. The fourth-order valence-corrected chi connectivity index (χ4v) is 2.32. The number of nitrogens with one attached hydrogen (secondary N) is 1. The molecule has 3 nitrogen and oxygen atoms in total. The maximum absolute atomic E-state index is 13.6. The summed E-state index contributed by atoms with van der Waals surface area (Å²) >= 11 is 5.67. The number of nitrogens with zero attached hydrogens (tertiary/aromatic N) is 2.